The third kappa shape index (κ3) is 4.18. The lowest BCUT2D eigenvalue weighted by Crippen LogP contribution is -2.37. The number of likely N-dealkylation sites (tertiary alicyclic amines) is 1. The van der Waals surface area contributed by atoms with Gasteiger partial charge in [0.25, 0.3) is 0 Å². The van der Waals surface area contributed by atoms with Crippen LogP contribution in [0.3, 0.4) is 0 Å². The number of hydrogen-bond acceptors (Lipinski definition) is 1. The molecule has 0 bridgehead atoms. The molecular weight excluding hydrogens is 246 g/mol. The van der Waals surface area contributed by atoms with Crippen LogP contribution in [0, 0.1) is 5.92 Å². The van der Waals surface area contributed by atoms with Crippen molar-refractivity contribution < 1.29 is 0 Å². The van der Waals surface area contributed by atoms with E-state index in [0.717, 1.165) is 12.5 Å². The maximum atomic E-state index is 2.63. The van der Waals surface area contributed by atoms with E-state index in [9.17, 15) is 0 Å². The number of nitrogens with zero attached hydrogens (tertiary/aromatic N) is 1. The Balaban J connectivity index is 1.90. The standard InChI is InChI=1S/C17H29NSi/c1-5-6-15-11-12-18(13-15)14-16-7-9-17(10-8-16)19(2,3)4/h7-10,15H,5-6,11-14H2,1-4H3. The zero-order chi connectivity index (χ0) is 13.9. The summed E-state index contributed by atoms with van der Waals surface area (Å²) in [5, 5.41) is 1.57. The molecule has 1 aromatic rings. The predicted octanol–water partition coefficient (Wildman–Crippen LogP) is 3.85. The second-order valence-electron chi connectivity index (χ2n) is 7.13. The number of benzene rings is 1. The van der Waals surface area contributed by atoms with Crippen molar-refractivity contribution in [3.05, 3.63) is 29.8 Å². The van der Waals surface area contributed by atoms with Gasteiger partial charge in [-0.05, 0) is 30.9 Å². The Kier molecular flexibility index (Phi) is 4.85. The molecule has 1 aliphatic heterocycles. The summed E-state index contributed by atoms with van der Waals surface area (Å²) in [4.78, 5) is 2.63. The molecule has 0 saturated carbocycles. The summed E-state index contributed by atoms with van der Waals surface area (Å²) in [7, 11) is -1.14. The molecule has 2 rings (SSSR count). The van der Waals surface area contributed by atoms with Crippen molar-refractivity contribution in [2.75, 3.05) is 13.1 Å². The Morgan fingerprint density at radius 1 is 1.16 bits per heavy atom. The van der Waals surface area contributed by atoms with Crippen LogP contribution in [0.4, 0.5) is 0 Å². The molecule has 0 aliphatic carbocycles. The van der Waals surface area contributed by atoms with E-state index in [1.54, 1.807) is 5.19 Å². The summed E-state index contributed by atoms with van der Waals surface area (Å²) in [6, 6.07) is 9.42. The molecule has 1 unspecified atom stereocenters. The first-order valence-corrected chi connectivity index (χ1v) is 11.3. The van der Waals surface area contributed by atoms with Gasteiger partial charge in [0.2, 0.25) is 0 Å². The molecule has 0 N–H and O–H groups in total. The maximum absolute atomic E-state index is 2.63. The van der Waals surface area contributed by atoms with E-state index in [0.29, 0.717) is 0 Å². The minimum absolute atomic E-state index is 0.950. The summed E-state index contributed by atoms with van der Waals surface area (Å²) in [5.74, 6) is 0.950. The monoisotopic (exact) mass is 275 g/mol. The van der Waals surface area contributed by atoms with Crippen molar-refractivity contribution in [3.8, 4) is 0 Å². The van der Waals surface area contributed by atoms with E-state index >= 15 is 0 Å². The van der Waals surface area contributed by atoms with Crippen LogP contribution in [0.5, 0.6) is 0 Å². The van der Waals surface area contributed by atoms with Gasteiger partial charge in [0, 0.05) is 13.1 Å². The van der Waals surface area contributed by atoms with Crippen LogP contribution in [0.25, 0.3) is 0 Å². The quantitative estimate of drug-likeness (QED) is 0.738. The SMILES string of the molecule is CCCC1CCN(Cc2ccc([Si](C)(C)C)cc2)C1. The van der Waals surface area contributed by atoms with Crippen LogP contribution in [0.2, 0.25) is 19.6 Å². The van der Waals surface area contributed by atoms with E-state index in [4.69, 9.17) is 0 Å². The Bertz CT molecular complexity index is 391. The Hall–Kier alpha value is -0.603. The zero-order valence-corrected chi connectivity index (χ0v) is 14.1. The molecule has 0 radical (unpaired) electrons. The molecule has 1 fully saturated rings. The fourth-order valence-corrected chi connectivity index (χ4v) is 4.24. The van der Waals surface area contributed by atoms with E-state index < -0.39 is 8.07 Å². The fraction of sp³-hybridized carbons (Fsp3) is 0.647. The highest BCUT2D eigenvalue weighted by Gasteiger charge is 2.21. The van der Waals surface area contributed by atoms with Gasteiger partial charge in [0.1, 0.15) is 0 Å². The average molecular weight is 276 g/mol. The molecule has 1 atom stereocenters. The van der Waals surface area contributed by atoms with Gasteiger partial charge in [-0.15, -0.1) is 0 Å². The molecule has 0 amide bonds. The van der Waals surface area contributed by atoms with Gasteiger partial charge >= 0.3 is 0 Å². The first-order valence-electron chi connectivity index (χ1n) is 7.81. The highest BCUT2D eigenvalue weighted by Crippen LogP contribution is 2.22. The fourth-order valence-electron chi connectivity index (χ4n) is 3.07. The van der Waals surface area contributed by atoms with Crippen molar-refractivity contribution in [2.45, 2.75) is 52.4 Å². The molecule has 106 valence electrons. The van der Waals surface area contributed by atoms with E-state index in [1.165, 1.54) is 37.9 Å². The molecule has 19 heavy (non-hydrogen) atoms. The van der Waals surface area contributed by atoms with Gasteiger partial charge in [0.15, 0.2) is 0 Å². The van der Waals surface area contributed by atoms with Crippen molar-refractivity contribution >= 4 is 13.3 Å². The Morgan fingerprint density at radius 2 is 1.84 bits per heavy atom. The second kappa shape index (κ2) is 6.23. The summed E-state index contributed by atoms with van der Waals surface area (Å²) < 4.78 is 0. The highest BCUT2D eigenvalue weighted by molar-refractivity contribution is 6.88. The summed E-state index contributed by atoms with van der Waals surface area (Å²) in [6.07, 6.45) is 4.15. The molecule has 1 heterocycles. The van der Waals surface area contributed by atoms with Crippen molar-refractivity contribution in [1.82, 2.24) is 4.90 Å². The van der Waals surface area contributed by atoms with Crippen LogP contribution in [-0.4, -0.2) is 26.1 Å². The lowest BCUT2D eigenvalue weighted by molar-refractivity contribution is 0.313. The molecule has 0 spiro atoms. The normalized spacial score (nSPS) is 20.9. The third-order valence-electron chi connectivity index (χ3n) is 4.29. The van der Waals surface area contributed by atoms with Crippen LogP contribution < -0.4 is 5.19 Å². The third-order valence-corrected chi connectivity index (χ3v) is 6.36. The molecular formula is C17H29NSi. The molecule has 1 aliphatic rings. The van der Waals surface area contributed by atoms with E-state index in [2.05, 4.69) is 55.7 Å². The summed E-state index contributed by atoms with van der Waals surface area (Å²) in [6.45, 7) is 13.3. The van der Waals surface area contributed by atoms with Crippen LogP contribution in [-0.2, 0) is 6.54 Å². The van der Waals surface area contributed by atoms with Gasteiger partial charge in [-0.2, -0.15) is 0 Å². The summed E-state index contributed by atoms with van der Waals surface area (Å²) >= 11 is 0. The lowest BCUT2D eigenvalue weighted by Gasteiger charge is -2.19. The molecule has 0 aromatic heterocycles. The molecule has 1 aromatic carbocycles. The smallest absolute Gasteiger partial charge is 0.0775 e. The molecule has 1 saturated heterocycles. The minimum atomic E-state index is -1.14. The molecule has 2 heteroatoms. The first kappa shape index (κ1) is 14.8. The van der Waals surface area contributed by atoms with E-state index in [1.807, 2.05) is 0 Å². The predicted molar refractivity (Wildman–Crippen MR) is 87.7 cm³/mol. The Labute approximate surface area is 120 Å². The Morgan fingerprint density at radius 3 is 2.42 bits per heavy atom. The first-order chi connectivity index (χ1) is 8.99. The zero-order valence-electron chi connectivity index (χ0n) is 13.1. The van der Waals surface area contributed by atoms with Crippen molar-refractivity contribution in [1.29, 1.82) is 0 Å². The van der Waals surface area contributed by atoms with Crippen molar-refractivity contribution in [2.24, 2.45) is 5.92 Å². The van der Waals surface area contributed by atoms with Crippen molar-refractivity contribution in [3.63, 3.8) is 0 Å². The van der Waals surface area contributed by atoms with Gasteiger partial charge < -0.3 is 0 Å². The minimum Gasteiger partial charge on any atom is -0.299 e. The number of hydrogen-bond donors (Lipinski definition) is 0. The topological polar surface area (TPSA) is 3.24 Å². The van der Waals surface area contributed by atoms with E-state index in [-0.39, 0.29) is 0 Å². The average Bonchev–Trinajstić information content (AvgIpc) is 2.77. The number of rotatable bonds is 5. The van der Waals surface area contributed by atoms with Crippen LogP contribution in [0.1, 0.15) is 31.7 Å². The second-order valence-corrected chi connectivity index (χ2v) is 12.2. The van der Waals surface area contributed by atoms with Gasteiger partial charge in [0.05, 0.1) is 8.07 Å². The van der Waals surface area contributed by atoms with Gasteiger partial charge in [-0.3, -0.25) is 4.90 Å². The summed E-state index contributed by atoms with van der Waals surface area (Å²) in [5.41, 5.74) is 1.49. The van der Waals surface area contributed by atoms with Gasteiger partial charge in [-0.25, -0.2) is 0 Å². The lowest BCUT2D eigenvalue weighted by atomic mass is 10.0. The largest absolute Gasteiger partial charge is 0.299 e. The molecule has 1 nitrogen and oxygen atoms in total. The maximum Gasteiger partial charge on any atom is 0.0775 e. The highest BCUT2D eigenvalue weighted by atomic mass is 28.3. The van der Waals surface area contributed by atoms with Gasteiger partial charge in [-0.1, -0.05) is 62.4 Å². The van der Waals surface area contributed by atoms with Crippen LogP contribution in [0.15, 0.2) is 24.3 Å². The van der Waals surface area contributed by atoms with Crippen LogP contribution >= 0.6 is 0 Å².